The number of hydrogen-bond donors (Lipinski definition) is 0. The SMILES string of the molecule is C=Cc1ccc(/C=C/c2cccc(C(c3ccccc3)(c3ccccc3)c3ccc4c(c3C)C3CCCCC3C4(C)C)c2C)cc1C=C. The first-order chi connectivity index (χ1) is 23.3. The maximum absolute atomic E-state index is 4.03. The molecular formula is C48H48. The third-order valence-corrected chi connectivity index (χ3v) is 11.9. The molecule has 2 aliphatic carbocycles. The van der Waals surface area contributed by atoms with Gasteiger partial charge in [-0.15, -0.1) is 0 Å². The Morgan fingerprint density at radius 3 is 1.94 bits per heavy atom. The van der Waals surface area contributed by atoms with E-state index in [0.717, 1.165) is 22.6 Å². The van der Waals surface area contributed by atoms with Gasteiger partial charge in [0.2, 0.25) is 0 Å². The van der Waals surface area contributed by atoms with Crippen LogP contribution in [0.4, 0.5) is 0 Å². The van der Waals surface area contributed by atoms with E-state index in [1.54, 1.807) is 11.1 Å². The Balaban J connectivity index is 1.49. The fraction of sp³-hybridized carbons (Fsp3) is 0.250. The van der Waals surface area contributed by atoms with E-state index >= 15 is 0 Å². The molecule has 0 aromatic heterocycles. The molecule has 2 atom stereocenters. The van der Waals surface area contributed by atoms with E-state index in [9.17, 15) is 0 Å². The second kappa shape index (κ2) is 12.7. The van der Waals surface area contributed by atoms with Crippen LogP contribution in [0.3, 0.4) is 0 Å². The van der Waals surface area contributed by atoms with Gasteiger partial charge in [0.05, 0.1) is 5.41 Å². The van der Waals surface area contributed by atoms with Gasteiger partial charge in [0.1, 0.15) is 0 Å². The molecule has 0 nitrogen and oxygen atoms in total. The Labute approximate surface area is 288 Å². The molecule has 0 heterocycles. The lowest BCUT2D eigenvalue weighted by Gasteiger charge is -2.40. The van der Waals surface area contributed by atoms with Crippen LogP contribution in [-0.4, -0.2) is 0 Å². The first-order valence-electron chi connectivity index (χ1n) is 17.7. The van der Waals surface area contributed by atoms with Crippen molar-refractivity contribution in [1.82, 2.24) is 0 Å². The first-order valence-corrected chi connectivity index (χ1v) is 17.7. The highest BCUT2D eigenvalue weighted by Crippen LogP contribution is 2.59. The van der Waals surface area contributed by atoms with Gasteiger partial charge in [0.25, 0.3) is 0 Å². The van der Waals surface area contributed by atoms with Crippen LogP contribution in [0.2, 0.25) is 0 Å². The van der Waals surface area contributed by atoms with Crippen molar-refractivity contribution in [2.75, 3.05) is 0 Å². The lowest BCUT2D eigenvalue weighted by atomic mass is 9.62. The number of benzene rings is 5. The largest absolute Gasteiger partial charge is 0.0984 e. The first kappa shape index (κ1) is 31.9. The van der Waals surface area contributed by atoms with Crippen molar-refractivity contribution in [2.45, 2.75) is 70.1 Å². The fourth-order valence-corrected chi connectivity index (χ4v) is 9.51. The second-order valence-corrected chi connectivity index (χ2v) is 14.6. The van der Waals surface area contributed by atoms with Gasteiger partial charge in [-0.2, -0.15) is 0 Å². The molecule has 0 heteroatoms. The van der Waals surface area contributed by atoms with Crippen LogP contribution in [0.15, 0.2) is 122 Å². The van der Waals surface area contributed by atoms with Gasteiger partial charge in [-0.05, 0) is 117 Å². The molecule has 0 saturated heterocycles. The minimum atomic E-state index is -0.492. The molecule has 0 spiro atoms. The van der Waals surface area contributed by atoms with E-state index in [4.69, 9.17) is 0 Å². The molecule has 0 aliphatic heterocycles. The maximum Gasteiger partial charge on any atom is 0.0707 e. The van der Waals surface area contributed by atoms with Gasteiger partial charge in [-0.25, -0.2) is 0 Å². The van der Waals surface area contributed by atoms with E-state index in [0.29, 0.717) is 5.92 Å². The Kier molecular flexibility index (Phi) is 8.46. The minimum absolute atomic E-state index is 0.196. The molecule has 1 fully saturated rings. The van der Waals surface area contributed by atoms with Crippen molar-refractivity contribution in [2.24, 2.45) is 5.92 Å². The zero-order valence-corrected chi connectivity index (χ0v) is 29.1. The zero-order valence-electron chi connectivity index (χ0n) is 29.1. The predicted molar refractivity (Wildman–Crippen MR) is 208 cm³/mol. The Hall–Kier alpha value is -4.68. The molecule has 2 aliphatic rings. The van der Waals surface area contributed by atoms with E-state index in [1.165, 1.54) is 64.6 Å². The fourth-order valence-electron chi connectivity index (χ4n) is 9.51. The van der Waals surface area contributed by atoms with Crippen LogP contribution in [0.5, 0.6) is 0 Å². The molecule has 0 amide bonds. The molecule has 5 aromatic rings. The highest BCUT2D eigenvalue weighted by atomic mass is 14.5. The summed E-state index contributed by atoms with van der Waals surface area (Å²) in [6.45, 7) is 17.8. The van der Waals surface area contributed by atoms with E-state index < -0.39 is 5.41 Å². The Bertz CT molecular complexity index is 1960. The molecule has 7 rings (SSSR count). The summed E-state index contributed by atoms with van der Waals surface area (Å²) in [6, 6.07) is 40.8. The number of rotatable bonds is 8. The highest BCUT2D eigenvalue weighted by molar-refractivity contribution is 5.76. The summed E-state index contributed by atoms with van der Waals surface area (Å²) in [5, 5.41) is 0. The summed E-state index contributed by atoms with van der Waals surface area (Å²) in [6.07, 6.45) is 13.6. The van der Waals surface area contributed by atoms with Crippen LogP contribution in [0.1, 0.15) is 112 Å². The van der Waals surface area contributed by atoms with Gasteiger partial charge < -0.3 is 0 Å². The quantitative estimate of drug-likeness (QED) is 0.119. The van der Waals surface area contributed by atoms with E-state index in [2.05, 4.69) is 162 Å². The van der Waals surface area contributed by atoms with Crippen LogP contribution >= 0.6 is 0 Å². The van der Waals surface area contributed by atoms with Crippen molar-refractivity contribution < 1.29 is 0 Å². The van der Waals surface area contributed by atoms with Crippen LogP contribution in [0, 0.1) is 19.8 Å². The van der Waals surface area contributed by atoms with Crippen molar-refractivity contribution >= 4 is 24.3 Å². The number of hydrogen-bond acceptors (Lipinski definition) is 0. The van der Waals surface area contributed by atoms with Gasteiger partial charge >= 0.3 is 0 Å². The van der Waals surface area contributed by atoms with Gasteiger partial charge in [0.15, 0.2) is 0 Å². The lowest BCUT2D eigenvalue weighted by molar-refractivity contribution is 0.232. The van der Waals surface area contributed by atoms with Gasteiger partial charge in [-0.1, -0.05) is 167 Å². The molecule has 0 N–H and O–H groups in total. The van der Waals surface area contributed by atoms with Gasteiger partial charge in [0, 0.05) is 0 Å². The molecule has 1 saturated carbocycles. The topological polar surface area (TPSA) is 0 Å². The molecule has 240 valence electrons. The zero-order chi connectivity index (χ0) is 33.5. The predicted octanol–water partition coefficient (Wildman–Crippen LogP) is 12.7. The summed E-state index contributed by atoms with van der Waals surface area (Å²) in [4.78, 5) is 0. The molecule has 48 heavy (non-hydrogen) atoms. The van der Waals surface area contributed by atoms with E-state index in [1.807, 2.05) is 12.2 Å². The normalized spacial score (nSPS) is 18.3. The number of fused-ring (bicyclic) bond motifs is 3. The molecule has 0 radical (unpaired) electrons. The van der Waals surface area contributed by atoms with Crippen molar-refractivity contribution in [3.05, 3.63) is 189 Å². The molecular weight excluding hydrogens is 577 g/mol. The summed E-state index contributed by atoms with van der Waals surface area (Å²) in [7, 11) is 0. The van der Waals surface area contributed by atoms with Crippen LogP contribution in [0.25, 0.3) is 24.3 Å². The standard InChI is InChI=1S/C48H48/c1-7-36-28-26-35(32-37(36)8-2)27-29-38-18-17-25-42(33(38)3)48(39-19-11-9-12-20-39,40-21-13-10-14-22-40)43-30-31-45-46(34(43)4)41-23-15-16-24-44(41)47(45,5)6/h7-14,17-22,25-32,41,44H,1-2,15-16,23-24H2,3-6H3/b29-27+. The monoisotopic (exact) mass is 624 g/mol. The minimum Gasteiger partial charge on any atom is -0.0984 e. The third-order valence-electron chi connectivity index (χ3n) is 11.9. The van der Waals surface area contributed by atoms with E-state index in [-0.39, 0.29) is 5.41 Å². The summed E-state index contributed by atoms with van der Waals surface area (Å²) < 4.78 is 0. The molecule has 0 bridgehead atoms. The summed E-state index contributed by atoms with van der Waals surface area (Å²) in [5.41, 5.74) is 15.6. The maximum atomic E-state index is 4.03. The Morgan fingerprint density at radius 2 is 1.27 bits per heavy atom. The van der Waals surface area contributed by atoms with Crippen molar-refractivity contribution in [3.8, 4) is 0 Å². The third kappa shape index (κ3) is 5.05. The Morgan fingerprint density at radius 1 is 0.625 bits per heavy atom. The summed E-state index contributed by atoms with van der Waals surface area (Å²) >= 11 is 0. The average Bonchev–Trinajstić information content (AvgIpc) is 3.36. The molecule has 5 aromatic carbocycles. The van der Waals surface area contributed by atoms with Crippen molar-refractivity contribution in [3.63, 3.8) is 0 Å². The van der Waals surface area contributed by atoms with Crippen LogP contribution < -0.4 is 0 Å². The van der Waals surface area contributed by atoms with Gasteiger partial charge in [-0.3, -0.25) is 0 Å². The average molecular weight is 625 g/mol. The second-order valence-electron chi connectivity index (χ2n) is 14.6. The smallest absolute Gasteiger partial charge is 0.0707 e. The van der Waals surface area contributed by atoms with Crippen LogP contribution in [-0.2, 0) is 10.8 Å². The van der Waals surface area contributed by atoms with Crippen molar-refractivity contribution in [1.29, 1.82) is 0 Å². The molecule has 2 unspecified atom stereocenters. The lowest BCUT2D eigenvalue weighted by Crippen LogP contribution is -2.33. The highest BCUT2D eigenvalue weighted by Gasteiger charge is 2.49. The summed E-state index contributed by atoms with van der Waals surface area (Å²) in [5.74, 6) is 1.35.